The SMILES string of the molecule is NCC=Cc1ccc(Oc2ccccc2)cc1. The second-order valence-electron chi connectivity index (χ2n) is 3.62. The van der Waals surface area contributed by atoms with E-state index in [1.807, 2.05) is 66.7 Å². The van der Waals surface area contributed by atoms with Crippen LogP contribution in [-0.4, -0.2) is 6.54 Å². The van der Waals surface area contributed by atoms with Crippen molar-refractivity contribution in [2.24, 2.45) is 5.73 Å². The summed E-state index contributed by atoms with van der Waals surface area (Å²) in [6.45, 7) is 0.558. The Morgan fingerprint density at radius 2 is 1.53 bits per heavy atom. The van der Waals surface area contributed by atoms with Gasteiger partial charge in [-0.3, -0.25) is 0 Å². The maximum absolute atomic E-state index is 5.69. The van der Waals surface area contributed by atoms with Crippen LogP contribution in [0, 0.1) is 0 Å². The molecule has 0 heterocycles. The summed E-state index contributed by atoms with van der Waals surface area (Å²) in [7, 11) is 0. The Morgan fingerprint density at radius 1 is 0.882 bits per heavy atom. The summed E-state index contributed by atoms with van der Waals surface area (Å²) < 4.78 is 5.69. The zero-order valence-corrected chi connectivity index (χ0v) is 9.54. The van der Waals surface area contributed by atoms with Gasteiger partial charge in [-0.25, -0.2) is 0 Å². The first-order valence-electron chi connectivity index (χ1n) is 5.58. The number of benzene rings is 2. The van der Waals surface area contributed by atoms with Crippen molar-refractivity contribution in [2.75, 3.05) is 6.54 Å². The number of nitrogens with two attached hydrogens (primary N) is 1. The molecule has 2 rings (SSSR count). The molecule has 2 aromatic rings. The highest BCUT2D eigenvalue weighted by Gasteiger charge is 1.95. The Hall–Kier alpha value is -2.06. The molecule has 2 heteroatoms. The Kier molecular flexibility index (Phi) is 3.95. The molecule has 2 aromatic carbocycles. The van der Waals surface area contributed by atoms with E-state index >= 15 is 0 Å². The van der Waals surface area contributed by atoms with Gasteiger partial charge in [-0.15, -0.1) is 0 Å². The third kappa shape index (κ3) is 3.47. The minimum absolute atomic E-state index is 0.558. The van der Waals surface area contributed by atoms with E-state index < -0.39 is 0 Å². The fourth-order valence-corrected chi connectivity index (χ4v) is 1.48. The molecule has 17 heavy (non-hydrogen) atoms. The van der Waals surface area contributed by atoms with Gasteiger partial charge in [0.15, 0.2) is 0 Å². The average Bonchev–Trinajstić information content (AvgIpc) is 2.39. The topological polar surface area (TPSA) is 35.2 Å². The van der Waals surface area contributed by atoms with Crippen LogP contribution in [0.3, 0.4) is 0 Å². The summed E-state index contributed by atoms with van der Waals surface area (Å²) in [6, 6.07) is 17.6. The highest BCUT2D eigenvalue weighted by Crippen LogP contribution is 2.21. The molecule has 0 aliphatic carbocycles. The second kappa shape index (κ2) is 5.87. The van der Waals surface area contributed by atoms with Gasteiger partial charge in [-0.05, 0) is 29.8 Å². The van der Waals surface area contributed by atoms with Gasteiger partial charge >= 0.3 is 0 Å². The third-order valence-corrected chi connectivity index (χ3v) is 2.31. The first kappa shape index (κ1) is 11.4. The molecule has 0 bridgehead atoms. The van der Waals surface area contributed by atoms with Crippen LogP contribution in [0.4, 0.5) is 0 Å². The van der Waals surface area contributed by atoms with Crippen molar-refractivity contribution in [2.45, 2.75) is 0 Å². The van der Waals surface area contributed by atoms with Gasteiger partial charge < -0.3 is 10.5 Å². The van der Waals surface area contributed by atoms with Crippen molar-refractivity contribution in [1.82, 2.24) is 0 Å². The Bertz CT molecular complexity index is 474. The maximum atomic E-state index is 5.69. The normalized spacial score (nSPS) is 10.6. The second-order valence-corrected chi connectivity index (χ2v) is 3.62. The predicted octanol–water partition coefficient (Wildman–Crippen LogP) is 3.45. The number of para-hydroxylation sites is 1. The number of rotatable bonds is 4. The molecule has 0 saturated carbocycles. The molecular weight excluding hydrogens is 210 g/mol. The molecule has 0 aliphatic rings. The molecule has 0 spiro atoms. The molecule has 0 atom stereocenters. The van der Waals surface area contributed by atoms with E-state index in [1.165, 1.54) is 0 Å². The van der Waals surface area contributed by atoms with Crippen LogP contribution in [0.25, 0.3) is 6.08 Å². The molecule has 0 unspecified atom stereocenters. The first-order chi connectivity index (χ1) is 8.38. The summed E-state index contributed by atoms with van der Waals surface area (Å²) in [5, 5.41) is 0. The Labute approximate surface area is 101 Å². The van der Waals surface area contributed by atoms with E-state index in [1.54, 1.807) is 0 Å². The number of hydrogen-bond acceptors (Lipinski definition) is 2. The third-order valence-electron chi connectivity index (χ3n) is 2.31. The summed E-state index contributed by atoms with van der Waals surface area (Å²) in [5.41, 5.74) is 6.52. The van der Waals surface area contributed by atoms with Crippen LogP contribution in [0.15, 0.2) is 60.7 Å². The molecule has 0 fully saturated rings. The summed E-state index contributed by atoms with van der Waals surface area (Å²) in [6.07, 6.45) is 3.92. The molecule has 0 amide bonds. The first-order valence-corrected chi connectivity index (χ1v) is 5.58. The smallest absolute Gasteiger partial charge is 0.127 e. The van der Waals surface area contributed by atoms with Crippen molar-refractivity contribution < 1.29 is 4.74 Å². The molecule has 2 nitrogen and oxygen atoms in total. The maximum Gasteiger partial charge on any atom is 0.127 e. The van der Waals surface area contributed by atoms with Crippen LogP contribution < -0.4 is 10.5 Å². The lowest BCUT2D eigenvalue weighted by atomic mass is 10.2. The molecule has 86 valence electrons. The summed E-state index contributed by atoms with van der Waals surface area (Å²) in [4.78, 5) is 0. The fraction of sp³-hybridized carbons (Fsp3) is 0.0667. The van der Waals surface area contributed by atoms with E-state index in [-0.39, 0.29) is 0 Å². The Balaban J connectivity index is 2.06. The highest BCUT2D eigenvalue weighted by molar-refractivity contribution is 5.51. The van der Waals surface area contributed by atoms with Gasteiger partial charge in [-0.2, -0.15) is 0 Å². The molecule has 0 aromatic heterocycles. The zero-order chi connectivity index (χ0) is 11.9. The van der Waals surface area contributed by atoms with E-state index in [0.29, 0.717) is 6.54 Å². The summed E-state index contributed by atoms with van der Waals surface area (Å²) in [5.74, 6) is 1.68. The molecule has 2 N–H and O–H groups in total. The lowest BCUT2D eigenvalue weighted by molar-refractivity contribution is 0.482. The largest absolute Gasteiger partial charge is 0.457 e. The lowest BCUT2D eigenvalue weighted by Crippen LogP contribution is -1.91. The Morgan fingerprint density at radius 3 is 2.18 bits per heavy atom. The van der Waals surface area contributed by atoms with Crippen LogP contribution >= 0.6 is 0 Å². The minimum Gasteiger partial charge on any atom is -0.457 e. The van der Waals surface area contributed by atoms with E-state index in [4.69, 9.17) is 10.5 Å². The number of hydrogen-bond donors (Lipinski definition) is 1. The van der Waals surface area contributed by atoms with Crippen molar-refractivity contribution in [1.29, 1.82) is 0 Å². The van der Waals surface area contributed by atoms with E-state index in [2.05, 4.69) is 0 Å². The van der Waals surface area contributed by atoms with Crippen molar-refractivity contribution in [3.63, 3.8) is 0 Å². The van der Waals surface area contributed by atoms with Gasteiger partial charge in [0.05, 0.1) is 0 Å². The van der Waals surface area contributed by atoms with Gasteiger partial charge in [0.25, 0.3) is 0 Å². The van der Waals surface area contributed by atoms with E-state index in [0.717, 1.165) is 17.1 Å². The molecule has 0 saturated heterocycles. The quantitative estimate of drug-likeness (QED) is 0.865. The highest BCUT2D eigenvalue weighted by atomic mass is 16.5. The molecule has 0 radical (unpaired) electrons. The molecular formula is C15H15NO. The van der Waals surface area contributed by atoms with Crippen LogP contribution in [-0.2, 0) is 0 Å². The van der Waals surface area contributed by atoms with Crippen LogP contribution in [0.1, 0.15) is 5.56 Å². The van der Waals surface area contributed by atoms with Crippen LogP contribution in [0.5, 0.6) is 11.5 Å². The van der Waals surface area contributed by atoms with Crippen molar-refractivity contribution >= 4 is 6.08 Å². The van der Waals surface area contributed by atoms with Crippen molar-refractivity contribution in [3.8, 4) is 11.5 Å². The van der Waals surface area contributed by atoms with Gasteiger partial charge in [0.1, 0.15) is 11.5 Å². The summed E-state index contributed by atoms with van der Waals surface area (Å²) >= 11 is 0. The van der Waals surface area contributed by atoms with Crippen LogP contribution in [0.2, 0.25) is 0 Å². The lowest BCUT2D eigenvalue weighted by Gasteiger charge is -2.05. The molecule has 0 aliphatic heterocycles. The average molecular weight is 225 g/mol. The number of ether oxygens (including phenoxy) is 1. The minimum atomic E-state index is 0.558. The zero-order valence-electron chi connectivity index (χ0n) is 9.54. The fourth-order valence-electron chi connectivity index (χ4n) is 1.48. The van der Waals surface area contributed by atoms with E-state index in [9.17, 15) is 0 Å². The predicted molar refractivity (Wildman–Crippen MR) is 71.0 cm³/mol. The standard InChI is InChI=1S/C15H15NO/c16-12-4-5-13-8-10-15(11-9-13)17-14-6-2-1-3-7-14/h1-11H,12,16H2. The van der Waals surface area contributed by atoms with Gasteiger partial charge in [0, 0.05) is 6.54 Å². The van der Waals surface area contributed by atoms with Gasteiger partial charge in [-0.1, -0.05) is 42.5 Å². The monoisotopic (exact) mass is 225 g/mol. The van der Waals surface area contributed by atoms with Crippen molar-refractivity contribution in [3.05, 3.63) is 66.2 Å². The van der Waals surface area contributed by atoms with Gasteiger partial charge in [0.2, 0.25) is 0 Å².